The lowest BCUT2D eigenvalue weighted by molar-refractivity contribution is -0.142. The van der Waals surface area contributed by atoms with Crippen LogP contribution >= 0.6 is 0 Å². The van der Waals surface area contributed by atoms with Crippen LogP contribution < -0.4 is 5.73 Å². The lowest BCUT2D eigenvalue weighted by Crippen LogP contribution is -2.51. The number of hydrogen-bond acceptors (Lipinski definition) is 3. The van der Waals surface area contributed by atoms with Crippen LogP contribution in [-0.4, -0.2) is 36.6 Å². The van der Waals surface area contributed by atoms with Crippen LogP contribution in [0.3, 0.4) is 0 Å². The largest absolute Gasteiger partial charge is 0.379 e. The maximum absolute atomic E-state index is 12.8. The fraction of sp³-hybridized carbons (Fsp3) is 0.562. The molecule has 0 aromatic heterocycles. The van der Waals surface area contributed by atoms with Gasteiger partial charge in [0, 0.05) is 19.1 Å². The molecule has 2 N–H and O–H groups in total. The molecule has 0 radical (unpaired) electrons. The summed E-state index contributed by atoms with van der Waals surface area (Å²) < 4.78 is 5.40. The summed E-state index contributed by atoms with van der Waals surface area (Å²) in [5, 5.41) is 0. The van der Waals surface area contributed by atoms with Crippen LogP contribution in [0.15, 0.2) is 30.3 Å². The number of benzene rings is 1. The summed E-state index contributed by atoms with van der Waals surface area (Å²) in [6.45, 7) is 6.26. The van der Waals surface area contributed by atoms with E-state index in [2.05, 4.69) is 6.92 Å². The standard InChI is InChI=1S/C16H24N2O2/c1-3-9-18(10-13-7-5-4-6-8-13)15(19)16(2)12-20-11-14(16)17/h4-8,14H,3,9-12,17H2,1-2H3. The Bertz CT molecular complexity index is 449. The number of nitrogens with zero attached hydrogens (tertiary/aromatic N) is 1. The highest BCUT2D eigenvalue weighted by Crippen LogP contribution is 2.30. The van der Waals surface area contributed by atoms with Gasteiger partial charge in [-0.05, 0) is 18.9 Å². The average molecular weight is 276 g/mol. The zero-order chi connectivity index (χ0) is 14.6. The molecule has 1 fully saturated rings. The van der Waals surface area contributed by atoms with Crippen molar-refractivity contribution in [3.8, 4) is 0 Å². The SMILES string of the molecule is CCCN(Cc1ccccc1)C(=O)C1(C)COCC1N. The molecule has 1 aliphatic heterocycles. The molecule has 1 aliphatic rings. The quantitative estimate of drug-likeness (QED) is 0.892. The minimum Gasteiger partial charge on any atom is -0.379 e. The minimum atomic E-state index is -0.593. The molecule has 1 saturated heterocycles. The van der Waals surface area contributed by atoms with E-state index < -0.39 is 5.41 Å². The van der Waals surface area contributed by atoms with Crippen molar-refractivity contribution in [2.24, 2.45) is 11.1 Å². The number of hydrogen-bond donors (Lipinski definition) is 1. The lowest BCUT2D eigenvalue weighted by Gasteiger charge is -2.33. The van der Waals surface area contributed by atoms with Gasteiger partial charge in [0.1, 0.15) is 0 Å². The molecule has 1 aromatic rings. The van der Waals surface area contributed by atoms with Crippen LogP contribution in [0.2, 0.25) is 0 Å². The van der Waals surface area contributed by atoms with Crippen molar-refractivity contribution in [3.05, 3.63) is 35.9 Å². The van der Waals surface area contributed by atoms with Crippen LogP contribution in [0.4, 0.5) is 0 Å². The second-order valence-electron chi connectivity index (χ2n) is 5.75. The highest BCUT2D eigenvalue weighted by atomic mass is 16.5. The molecule has 1 aromatic carbocycles. The van der Waals surface area contributed by atoms with Gasteiger partial charge in [-0.15, -0.1) is 0 Å². The fourth-order valence-corrected chi connectivity index (χ4v) is 2.60. The van der Waals surface area contributed by atoms with Crippen LogP contribution in [0, 0.1) is 5.41 Å². The van der Waals surface area contributed by atoms with Gasteiger partial charge in [-0.2, -0.15) is 0 Å². The molecule has 2 unspecified atom stereocenters. The summed E-state index contributed by atoms with van der Waals surface area (Å²) in [7, 11) is 0. The normalized spacial score (nSPS) is 25.6. The van der Waals surface area contributed by atoms with E-state index in [-0.39, 0.29) is 11.9 Å². The van der Waals surface area contributed by atoms with E-state index in [1.54, 1.807) is 0 Å². The van der Waals surface area contributed by atoms with Gasteiger partial charge in [0.15, 0.2) is 0 Å². The van der Waals surface area contributed by atoms with Crippen molar-refractivity contribution in [1.82, 2.24) is 4.90 Å². The van der Waals surface area contributed by atoms with Gasteiger partial charge < -0.3 is 15.4 Å². The summed E-state index contributed by atoms with van der Waals surface area (Å²) >= 11 is 0. The second kappa shape index (κ2) is 6.37. The summed E-state index contributed by atoms with van der Waals surface area (Å²) in [6, 6.07) is 9.85. The number of carbonyl (C=O) groups excluding carboxylic acids is 1. The molecule has 4 nitrogen and oxygen atoms in total. The van der Waals surface area contributed by atoms with E-state index in [4.69, 9.17) is 10.5 Å². The molecule has 2 atom stereocenters. The predicted molar refractivity (Wildman–Crippen MR) is 79.1 cm³/mol. The van der Waals surface area contributed by atoms with Gasteiger partial charge in [-0.3, -0.25) is 4.79 Å². The topological polar surface area (TPSA) is 55.6 Å². The highest BCUT2D eigenvalue weighted by molar-refractivity contribution is 5.83. The maximum atomic E-state index is 12.8. The second-order valence-corrected chi connectivity index (χ2v) is 5.75. The van der Waals surface area contributed by atoms with Crippen molar-refractivity contribution in [1.29, 1.82) is 0 Å². The molecule has 0 spiro atoms. The minimum absolute atomic E-state index is 0.105. The van der Waals surface area contributed by atoms with E-state index in [1.807, 2.05) is 42.2 Å². The molecule has 4 heteroatoms. The van der Waals surface area contributed by atoms with Crippen LogP contribution in [0.1, 0.15) is 25.8 Å². The van der Waals surface area contributed by atoms with Crippen LogP contribution in [-0.2, 0) is 16.1 Å². The van der Waals surface area contributed by atoms with Crippen molar-refractivity contribution in [2.45, 2.75) is 32.9 Å². The van der Waals surface area contributed by atoms with Crippen LogP contribution in [0.5, 0.6) is 0 Å². The summed E-state index contributed by atoms with van der Waals surface area (Å²) in [5.74, 6) is 0.105. The number of nitrogens with two attached hydrogens (primary N) is 1. The van der Waals surface area contributed by atoms with Gasteiger partial charge in [0.25, 0.3) is 0 Å². The zero-order valence-corrected chi connectivity index (χ0v) is 12.3. The molecule has 0 bridgehead atoms. The number of ether oxygens (including phenoxy) is 1. The molecule has 1 amide bonds. The Labute approximate surface area is 120 Å². The first-order valence-electron chi connectivity index (χ1n) is 7.24. The van der Waals surface area contributed by atoms with Crippen molar-refractivity contribution >= 4 is 5.91 Å². The molecular weight excluding hydrogens is 252 g/mol. The average Bonchev–Trinajstić information content (AvgIpc) is 2.80. The fourth-order valence-electron chi connectivity index (χ4n) is 2.60. The van der Waals surface area contributed by atoms with Gasteiger partial charge in [-0.25, -0.2) is 0 Å². The Balaban J connectivity index is 2.14. The highest BCUT2D eigenvalue weighted by Gasteiger charge is 2.46. The number of amides is 1. The van der Waals surface area contributed by atoms with E-state index in [0.29, 0.717) is 19.8 Å². The van der Waals surface area contributed by atoms with Crippen molar-refractivity contribution in [2.75, 3.05) is 19.8 Å². The smallest absolute Gasteiger partial charge is 0.232 e. The predicted octanol–water partition coefficient (Wildman–Crippen LogP) is 1.79. The summed E-state index contributed by atoms with van der Waals surface area (Å²) in [6.07, 6.45) is 0.935. The Kier molecular flexibility index (Phi) is 4.78. The third-order valence-corrected chi connectivity index (χ3v) is 4.00. The molecule has 2 rings (SSSR count). The first-order chi connectivity index (χ1) is 9.58. The van der Waals surface area contributed by atoms with Gasteiger partial charge in [0.05, 0.1) is 18.6 Å². The first-order valence-corrected chi connectivity index (χ1v) is 7.24. The molecule has 0 saturated carbocycles. The zero-order valence-electron chi connectivity index (χ0n) is 12.3. The Hall–Kier alpha value is -1.39. The van der Waals surface area contributed by atoms with Crippen molar-refractivity contribution in [3.63, 3.8) is 0 Å². The van der Waals surface area contributed by atoms with Crippen LogP contribution in [0.25, 0.3) is 0 Å². The van der Waals surface area contributed by atoms with E-state index >= 15 is 0 Å². The van der Waals surface area contributed by atoms with E-state index in [9.17, 15) is 4.79 Å². The Morgan fingerprint density at radius 2 is 2.15 bits per heavy atom. The molecule has 110 valence electrons. The van der Waals surface area contributed by atoms with Gasteiger partial charge >= 0.3 is 0 Å². The number of carbonyl (C=O) groups is 1. The molecule has 0 aliphatic carbocycles. The monoisotopic (exact) mass is 276 g/mol. The van der Waals surface area contributed by atoms with E-state index in [1.165, 1.54) is 0 Å². The molecule has 1 heterocycles. The number of rotatable bonds is 5. The van der Waals surface area contributed by atoms with Gasteiger partial charge in [-0.1, -0.05) is 37.3 Å². The first kappa shape index (κ1) is 15.0. The summed E-state index contributed by atoms with van der Waals surface area (Å²) in [4.78, 5) is 14.7. The lowest BCUT2D eigenvalue weighted by atomic mass is 9.84. The third-order valence-electron chi connectivity index (χ3n) is 4.00. The molecular formula is C16H24N2O2. The molecule has 20 heavy (non-hydrogen) atoms. The van der Waals surface area contributed by atoms with Crippen molar-refractivity contribution < 1.29 is 9.53 Å². The maximum Gasteiger partial charge on any atom is 0.232 e. The third kappa shape index (κ3) is 3.02. The summed E-state index contributed by atoms with van der Waals surface area (Å²) in [5.41, 5.74) is 6.62. The Morgan fingerprint density at radius 1 is 1.45 bits per heavy atom. The van der Waals surface area contributed by atoms with E-state index in [0.717, 1.165) is 18.5 Å². The Morgan fingerprint density at radius 3 is 2.70 bits per heavy atom. The van der Waals surface area contributed by atoms with Gasteiger partial charge in [0.2, 0.25) is 5.91 Å².